The third-order valence-corrected chi connectivity index (χ3v) is 6.47. The molecule has 7 heteroatoms. The van der Waals surface area contributed by atoms with E-state index in [-0.39, 0.29) is 24.1 Å². The molecule has 31 heavy (non-hydrogen) atoms. The maximum atomic E-state index is 13.2. The summed E-state index contributed by atoms with van der Waals surface area (Å²) in [4.78, 5) is 27.6. The van der Waals surface area contributed by atoms with Gasteiger partial charge in [-0.2, -0.15) is 0 Å². The molecule has 0 saturated heterocycles. The third-order valence-electron chi connectivity index (χ3n) is 4.80. The van der Waals surface area contributed by atoms with E-state index in [0.717, 1.165) is 5.75 Å². The summed E-state index contributed by atoms with van der Waals surface area (Å²) in [5, 5.41) is 3.90. The summed E-state index contributed by atoms with van der Waals surface area (Å²) in [6.45, 7) is 9.69. The molecule has 1 atom stereocenters. The molecule has 168 valence electrons. The van der Waals surface area contributed by atoms with Crippen LogP contribution in [-0.4, -0.2) is 34.0 Å². The van der Waals surface area contributed by atoms with Gasteiger partial charge in [0, 0.05) is 33.4 Å². The van der Waals surface area contributed by atoms with Crippen LogP contribution in [0.1, 0.15) is 44.4 Å². The highest BCUT2D eigenvalue weighted by atomic mass is 35.5. The molecule has 0 heterocycles. The van der Waals surface area contributed by atoms with Gasteiger partial charge in [0.2, 0.25) is 11.8 Å². The molecule has 2 amide bonds. The zero-order chi connectivity index (χ0) is 23.2. The van der Waals surface area contributed by atoms with Crippen molar-refractivity contribution in [2.45, 2.75) is 58.5 Å². The van der Waals surface area contributed by atoms with Crippen LogP contribution in [0.3, 0.4) is 0 Å². The summed E-state index contributed by atoms with van der Waals surface area (Å²) in [5.41, 5.74) is 2.62. The smallest absolute Gasteiger partial charge is 0.242 e. The van der Waals surface area contributed by atoms with Crippen LogP contribution in [0.5, 0.6) is 0 Å². The summed E-state index contributed by atoms with van der Waals surface area (Å²) >= 11 is 14.2. The zero-order valence-electron chi connectivity index (χ0n) is 18.7. The van der Waals surface area contributed by atoms with E-state index in [2.05, 4.69) is 24.4 Å². The molecule has 0 aliphatic heterocycles. The van der Waals surface area contributed by atoms with Crippen molar-refractivity contribution in [2.75, 3.05) is 5.75 Å². The molecule has 2 aromatic carbocycles. The van der Waals surface area contributed by atoms with Crippen molar-refractivity contribution in [1.82, 2.24) is 10.2 Å². The Balaban J connectivity index is 2.18. The molecule has 4 nitrogen and oxygen atoms in total. The van der Waals surface area contributed by atoms with Crippen LogP contribution in [0.15, 0.2) is 42.5 Å². The first-order valence-corrected chi connectivity index (χ1v) is 12.1. The largest absolute Gasteiger partial charge is 0.350 e. The lowest BCUT2D eigenvalue weighted by Crippen LogP contribution is -2.52. The summed E-state index contributed by atoms with van der Waals surface area (Å²) < 4.78 is 0. The molecule has 0 fully saturated rings. The summed E-state index contributed by atoms with van der Waals surface area (Å²) in [7, 11) is 0. The lowest BCUT2D eigenvalue weighted by Gasteiger charge is -2.32. The molecule has 0 aliphatic carbocycles. The van der Waals surface area contributed by atoms with E-state index in [1.165, 1.54) is 22.9 Å². The van der Waals surface area contributed by atoms with Gasteiger partial charge in [-0.05, 0) is 57.9 Å². The molecular formula is C24H30Cl2N2O2S. The minimum atomic E-state index is -0.668. The van der Waals surface area contributed by atoms with Crippen molar-refractivity contribution in [3.05, 3.63) is 69.2 Å². The van der Waals surface area contributed by atoms with Gasteiger partial charge in [-0.1, -0.05) is 53.5 Å². The number of benzene rings is 2. The van der Waals surface area contributed by atoms with Crippen LogP contribution in [0, 0.1) is 6.92 Å². The molecule has 0 aromatic heterocycles. The quantitative estimate of drug-likeness (QED) is 0.513. The Bertz CT molecular complexity index is 908. The van der Waals surface area contributed by atoms with E-state index in [9.17, 15) is 9.59 Å². The Morgan fingerprint density at radius 2 is 1.68 bits per heavy atom. The first-order valence-electron chi connectivity index (χ1n) is 10.2. The fourth-order valence-corrected chi connectivity index (χ4v) is 4.52. The maximum Gasteiger partial charge on any atom is 0.242 e. The van der Waals surface area contributed by atoms with E-state index < -0.39 is 11.6 Å². The normalized spacial score (nSPS) is 12.4. The van der Waals surface area contributed by atoms with Crippen molar-refractivity contribution in [3.8, 4) is 0 Å². The molecule has 0 aliphatic rings. The van der Waals surface area contributed by atoms with Crippen LogP contribution < -0.4 is 5.32 Å². The number of hydrogen-bond donors (Lipinski definition) is 1. The van der Waals surface area contributed by atoms with E-state index in [1.807, 2.05) is 32.9 Å². The predicted octanol–water partition coefficient (Wildman–Crippen LogP) is 5.87. The molecule has 0 radical (unpaired) electrons. The van der Waals surface area contributed by atoms with Gasteiger partial charge in [-0.25, -0.2) is 0 Å². The molecule has 0 bridgehead atoms. The summed E-state index contributed by atoms with van der Waals surface area (Å²) in [6.07, 6.45) is 0. The van der Waals surface area contributed by atoms with Gasteiger partial charge in [0.1, 0.15) is 6.04 Å². The number of hydrogen-bond acceptors (Lipinski definition) is 3. The minimum absolute atomic E-state index is 0.133. The number of halogens is 2. The first-order chi connectivity index (χ1) is 14.5. The van der Waals surface area contributed by atoms with Crippen LogP contribution in [0.4, 0.5) is 0 Å². The maximum absolute atomic E-state index is 13.2. The molecule has 0 saturated carbocycles. The highest BCUT2D eigenvalue weighted by molar-refractivity contribution is 7.99. The molecule has 1 N–H and O–H groups in total. The lowest BCUT2D eigenvalue weighted by molar-refractivity contribution is -0.139. The second-order valence-corrected chi connectivity index (χ2v) is 10.4. The number of thioether (sulfide) groups is 1. The Morgan fingerprint density at radius 3 is 2.26 bits per heavy atom. The summed E-state index contributed by atoms with van der Waals surface area (Å²) in [5.74, 6) is 0.629. The fraction of sp³-hybridized carbons (Fsp3) is 0.417. The van der Waals surface area contributed by atoms with E-state index in [0.29, 0.717) is 15.6 Å². The van der Waals surface area contributed by atoms with Crippen molar-refractivity contribution in [3.63, 3.8) is 0 Å². The molecule has 2 aromatic rings. The van der Waals surface area contributed by atoms with E-state index >= 15 is 0 Å². The van der Waals surface area contributed by atoms with Crippen LogP contribution in [0.2, 0.25) is 10.0 Å². The van der Waals surface area contributed by atoms with Gasteiger partial charge < -0.3 is 10.2 Å². The van der Waals surface area contributed by atoms with E-state index in [4.69, 9.17) is 23.2 Å². The van der Waals surface area contributed by atoms with Crippen molar-refractivity contribution in [1.29, 1.82) is 0 Å². The van der Waals surface area contributed by atoms with E-state index in [1.54, 1.807) is 30.0 Å². The van der Waals surface area contributed by atoms with Crippen LogP contribution >= 0.6 is 35.0 Å². The topological polar surface area (TPSA) is 49.4 Å². The number of amides is 2. The Morgan fingerprint density at radius 1 is 1.06 bits per heavy atom. The Kier molecular flexibility index (Phi) is 9.28. The molecule has 0 spiro atoms. The fourth-order valence-electron chi connectivity index (χ4n) is 3.01. The van der Waals surface area contributed by atoms with Crippen molar-refractivity contribution < 1.29 is 9.59 Å². The third kappa shape index (κ3) is 7.74. The average Bonchev–Trinajstić information content (AvgIpc) is 2.67. The standard InChI is InChI=1S/C24H30Cl2N2O2S/c1-16-9-6-7-10-18(16)14-31-15-22(29)28(17(2)23(30)27-24(3,4)5)13-19-20(25)11-8-12-21(19)26/h6-12,17H,13-15H2,1-5H3,(H,27,30)/t17-/m1/s1. The SMILES string of the molecule is Cc1ccccc1CSCC(=O)N(Cc1c(Cl)cccc1Cl)[C@H](C)C(=O)NC(C)(C)C. The van der Waals surface area contributed by atoms with Gasteiger partial charge in [-0.15, -0.1) is 11.8 Å². The molecule has 0 unspecified atom stereocenters. The number of carbonyl (C=O) groups excluding carboxylic acids is 2. The van der Waals surface area contributed by atoms with Gasteiger partial charge in [-0.3, -0.25) is 9.59 Å². The van der Waals surface area contributed by atoms with Gasteiger partial charge in [0.15, 0.2) is 0 Å². The van der Waals surface area contributed by atoms with Gasteiger partial charge in [0.05, 0.1) is 5.75 Å². The van der Waals surface area contributed by atoms with Crippen molar-refractivity contribution in [2.24, 2.45) is 0 Å². The van der Waals surface area contributed by atoms with Gasteiger partial charge >= 0.3 is 0 Å². The molecule has 2 rings (SSSR count). The highest BCUT2D eigenvalue weighted by Gasteiger charge is 2.29. The second-order valence-electron chi connectivity index (χ2n) is 8.56. The number of aryl methyl sites for hydroxylation is 1. The highest BCUT2D eigenvalue weighted by Crippen LogP contribution is 2.27. The molecular weight excluding hydrogens is 451 g/mol. The zero-order valence-corrected chi connectivity index (χ0v) is 21.0. The lowest BCUT2D eigenvalue weighted by atomic mass is 10.1. The monoisotopic (exact) mass is 480 g/mol. The predicted molar refractivity (Wildman–Crippen MR) is 132 cm³/mol. The van der Waals surface area contributed by atoms with Crippen LogP contribution in [0.25, 0.3) is 0 Å². The van der Waals surface area contributed by atoms with Gasteiger partial charge in [0.25, 0.3) is 0 Å². The Hall–Kier alpha value is -1.69. The number of nitrogens with one attached hydrogen (secondary N) is 1. The van der Waals surface area contributed by atoms with Crippen molar-refractivity contribution >= 4 is 46.8 Å². The second kappa shape index (κ2) is 11.3. The van der Waals surface area contributed by atoms with Crippen LogP contribution in [-0.2, 0) is 21.9 Å². The Labute approximate surface area is 199 Å². The number of nitrogens with zero attached hydrogens (tertiary/aromatic N) is 1. The minimum Gasteiger partial charge on any atom is -0.350 e. The summed E-state index contributed by atoms with van der Waals surface area (Å²) in [6, 6.07) is 12.7. The first kappa shape index (κ1) is 25.6. The number of rotatable bonds is 8. The average molecular weight is 481 g/mol. The number of carbonyl (C=O) groups is 2.